The Labute approximate surface area is 89.9 Å². The summed E-state index contributed by atoms with van der Waals surface area (Å²) >= 11 is 1.77. The lowest BCUT2D eigenvalue weighted by Crippen LogP contribution is -2.42. The van der Waals surface area contributed by atoms with Crippen molar-refractivity contribution in [3.63, 3.8) is 0 Å². The molecule has 14 heavy (non-hydrogen) atoms. The number of piperidine rings is 1. The summed E-state index contributed by atoms with van der Waals surface area (Å²) < 4.78 is 0. The van der Waals surface area contributed by atoms with Gasteiger partial charge in [-0.05, 0) is 31.3 Å². The van der Waals surface area contributed by atoms with Gasteiger partial charge in [0.05, 0.1) is 6.10 Å². The van der Waals surface area contributed by atoms with Crippen molar-refractivity contribution in [2.24, 2.45) is 0 Å². The molecular weight excluding hydrogens is 198 g/mol. The van der Waals surface area contributed by atoms with E-state index in [1.807, 2.05) is 0 Å². The molecule has 0 aliphatic carbocycles. The molecule has 1 rings (SSSR count). The van der Waals surface area contributed by atoms with Crippen LogP contribution < -0.4 is 0 Å². The Balaban J connectivity index is 2.22. The predicted molar refractivity (Wildman–Crippen MR) is 59.4 cm³/mol. The number of carbonyl (C=O) groups excluding carboxylic acids is 1. The summed E-state index contributed by atoms with van der Waals surface area (Å²) in [5, 5.41) is 9.40. The monoisotopic (exact) mass is 217 g/mol. The summed E-state index contributed by atoms with van der Waals surface area (Å²) in [7, 11) is 0. The van der Waals surface area contributed by atoms with E-state index in [9.17, 15) is 9.90 Å². The van der Waals surface area contributed by atoms with E-state index in [1.165, 1.54) is 0 Å². The Morgan fingerprint density at radius 2 is 2.43 bits per heavy atom. The zero-order valence-corrected chi connectivity index (χ0v) is 9.55. The van der Waals surface area contributed by atoms with Crippen LogP contribution in [0.3, 0.4) is 0 Å². The minimum Gasteiger partial charge on any atom is -0.391 e. The molecule has 1 unspecified atom stereocenters. The van der Waals surface area contributed by atoms with Crippen LogP contribution in [0, 0.1) is 0 Å². The minimum absolute atomic E-state index is 0.206. The predicted octanol–water partition coefficient (Wildman–Crippen LogP) is 1.11. The molecule has 0 saturated carbocycles. The van der Waals surface area contributed by atoms with Gasteiger partial charge in [0.25, 0.3) is 0 Å². The van der Waals surface area contributed by atoms with Crippen molar-refractivity contribution in [2.45, 2.75) is 31.8 Å². The molecule has 1 aliphatic rings. The fourth-order valence-corrected chi connectivity index (χ4v) is 2.14. The van der Waals surface area contributed by atoms with E-state index in [1.54, 1.807) is 16.7 Å². The molecule has 1 heterocycles. The number of likely N-dealkylation sites (tertiary alicyclic amines) is 1. The Kier molecular flexibility index (Phi) is 5.33. The summed E-state index contributed by atoms with van der Waals surface area (Å²) in [4.78, 5) is 13.4. The molecular formula is C10H19NO2S. The number of rotatable bonds is 4. The first kappa shape index (κ1) is 11.9. The number of aliphatic hydroxyl groups excluding tert-OH is 1. The highest BCUT2D eigenvalue weighted by atomic mass is 32.2. The summed E-state index contributed by atoms with van der Waals surface area (Å²) in [6.07, 6.45) is 5.12. The molecule has 0 radical (unpaired) electrons. The van der Waals surface area contributed by atoms with Gasteiger partial charge in [0.2, 0.25) is 5.91 Å². The van der Waals surface area contributed by atoms with Crippen LogP contribution in [0.25, 0.3) is 0 Å². The molecule has 0 aromatic carbocycles. The fourth-order valence-electron chi connectivity index (χ4n) is 1.71. The molecule has 1 atom stereocenters. The Bertz CT molecular complexity index is 187. The van der Waals surface area contributed by atoms with Gasteiger partial charge >= 0.3 is 0 Å². The van der Waals surface area contributed by atoms with Gasteiger partial charge < -0.3 is 10.0 Å². The number of hydrogen-bond acceptors (Lipinski definition) is 3. The van der Waals surface area contributed by atoms with Gasteiger partial charge in [0.1, 0.15) is 0 Å². The van der Waals surface area contributed by atoms with E-state index >= 15 is 0 Å². The highest BCUT2D eigenvalue weighted by Crippen LogP contribution is 2.12. The lowest BCUT2D eigenvalue weighted by molar-refractivity contribution is -0.134. The van der Waals surface area contributed by atoms with Crippen molar-refractivity contribution in [1.29, 1.82) is 0 Å². The Morgan fingerprint density at radius 1 is 1.64 bits per heavy atom. The molecule has 0 spiro atoms. The third kappa shape index (κ3) is 3.88. The van der Waals surface area contributed by atoms with Crippen LogP contribution in [0.5, 0.6) is 0 Å². The minimum atomic E-state index is -0.298. The maximum atomic E-state index is 11.6. The third-order valence-corrected chi connectivity index (χ3v) is 3.19. The molecule has 3 nitrogen and oxygen atoms in total. The standard InChI is InChI=1S/C10H19NO2S/c1-14-7-3-5-10(13)11-6-2-4-9(12)8-11/h9,12H,2-8H2,1H3. The summed E-state index contributed by atoms with van der Waals surface area (Å²) in [5.74, 6) is 1.25. The lowest BCUT2D eigenvalue weighted by Gasteiger charge is -2.30. The molecule has 0 bridgehead atoms. The second kappa shape index (κ2) is 6.30. The van der Waals surface area contributed by atoms with Crippen molar-refractivity contribution in [3.8, 4) is 0 Å². The van der Waals surface area contributed by atoms with Gasteiger partial charge in [-0.15, -0.1) is 0 Å². The van der Waals surface area contributed by atoms with Gasteiger partial charge in [-0.1, -0.05) is 0 Å². The maximum Gasteiger partial charge on any atom is 0.222 e. The van der Waals surface area contributed by atoms with Crippen molar-refractivity contribution >= 4 is 17.7 Å². The van der Waals surface area contributed by atoms with Gasteiger partial charge in [0, 0.05) is 19.5 Å². The first-order valence-corrected chi connectivity index (χ1v) is 6.58. The quantitative estimate of drug-likeness (QED) is 0.717. The zero-order chi connectivity index (χ0) is 10.4. The van der Waals surface area contributed by atoms with Crippen molar-refractivity contribution in [2.75, 3.05) is 25.1 Å². The molecule has 4 heteroatoms. The van der Waals surface area contributed by atoms with Crippen LogP contribution in [0.2, 0.25) is 0 Å². The second-order valence-corrected chi connectivity index (χ2v) is 4.72. The van der Waals surface area contributed by atoms with Crippen molar-refractivity contribution in [3.05, 3.63) is 0 Å². The SMILES string of the molecule is CSCCCC(=O)N1CCCC(O)C1. The van der Waals surface area contributed by atoms with E-state index in [2.05, 4.69) is 6.26 Å². The van der Waals surface area contributed by atoms with Crippen LogP contribution in [0.15, 0.2) is 0 Å². The number of carbonyl (C=O) groups is 1. The van der Waals surface area contributed by atoms with Crippen LogP contribution >= 0.6 is 11.8 Å². The molecule has 1 amide bonds. The van der Waals surface area contributed by atoms with E-state index in [4.69, 9.17) is 0 Å². The van der Waals surface area contributed by atoms with Gasteiger partial charge in [-0.2, -0.15) is 11.8 Å². The van der Waals surface area contributed by atoms with E-state index < -0.39 is 0 Å². The maximum absolute atomic E-state index is 11.6. The molecule has 1 fully saturated rings. The smallest absolute Gasteiger partial charge is 0.222 e. The van der Waals surface area contributed by atoms with E-state index in [-0.39, 0.29) is 12.0 Å². The molecule has 1 aliphatic heterocycles. The molecule has 0 aromatic heterocycles. The van der Waals surface area contributed by atoms with Gasteiger partial charge in [-0.3, -0.25) is 4.79 Å². The van der Waals surface area contributed by atoms with Crippen LogP contribution in [0.4, 0.5) is 0 Å². The summed E-state index contributed by atoms with van der Waals surface area (Å²) in [6, 6.07) is 0. The number of hydrogen-bond donors (Lipinski definition) is 1. The average Bonchev–Trinajstić information content (AvgIpc) is 2.18. The first-order chi connectivity index (χ1) is 6.74. The molecule has 1 saturated heterocycles. The topological polar surface area (TPSA) is 40.5 Å². The summed E-state index contributed by atoms with van der Waals surface area (Å²) in [5.41, 5.74) is 0. The van der Waals surface area contributed by atoms with Crippen LogP contribution in [-0.4, -0.2) is 47.1 Å². The second-order valence-electron chi connectivity index (χ2n) is 3.73. The lowest BCUT2D eigenvalue weighted by atomic mass is 10.1. The Morgan fingerprint density at radius 3 is 3.07 bits per heavy atom. The normalized spacial score (nSPS) is 22.4. The number of aliphatic hydroxyl groups is 1. The highest BCUT2D eigenvalue weighted by molar-refractivity contribution is 7.98. The van der Waals surface area contributed by atoms with E-state index in [0.717, 1.165) is 31.6 Å². The van der Waals surface area contributed by atoms with E-state index in [0.29, 0.717) is 13.0 Å². The number of thioether (sulfide) groups is 1. The van der Waals surface area contributed by atoms with Gasteiger partial charge in [0.15, 0.2) is 0 Å². The molecule has 0 aromatic rings. The highest BCUT2D eigenvalue weighted by Gasteiger charge is 2.21. The van der Waals surface area contributed by atoms with Crippen molar-refractivity contribution in [1.82, 2.24) is 4.90 Å². The molecule has 1 N–H and O–H groups in total. The summed E-state index contributed by atoms with van der Waals surface area (Å²) in [6.45, 7) is 1.37. The van der Waals surface area contributed by atoms with Crippen molar-refractivity contribution < 1.29 is 9.90 Å². The molecule has 82 valence electrons. The van der Waals surface area contributed by atoms with Crippen LogP contribution in [-0.2, 0) is 4.79 Å². The largest absolute Gasteiger partial charge is 0.391 e. The first-order valence-electron chi connectivity index (χ1n) is 5.19. The van der Waals surface area contributed by atoms with Crippen LogP contribution in [0.1, 0.15) is 25.7 Å². The number of β-amino-alcohol motifs (C(OH)–C–C–N with tert-alkyl or cyclic N) is 1. The fraction of sp³-hybridized carbons (Fsp3) is 0.900. The average molecular weight is 217 g/mol. The Hall–Kier alpha value is -0.220. The third-order valence-electron chi connectivity index (χ3n) is 2.49. The number of amides is 1. The zero-order valence-electron chi connectivity index (χ0n) is 8.74. The van der Waals surface area contributed by atoms with Gasteiger partial charge in [-0.25, -0.2) is 0 Å². The number of nitrogens with zero attached hydrogens (tertiary/aromatic N) is 1.